The molecule has 0 bridgehead atoms. The van der Waals surface area contributed by atoms with Gasteiger partial charge >= 0.3 is 0 Å². The number of nitrogens with one attached hydrogen (secondary N) is 1. The molecule has 0 amide bonds. The molecule has 1 aromatic carbocycles. The van der Waals surface area contributed by atoms with E-state index in [0.717, 1.165) is 11.8 Å². The maximum Gasteiger partial charge on any atom is 0.0366 e. The Morgan fingerprint density at radius 2 is 1.71 bits per heavy atom. The van der Waals surface area contributed by atoms with E-state index >= 15 is 0 Å². The van der Waals surface area contributed by atoms with Crippen molar-refractivity contribution in [3.05, 3.63) is 30.3 Å². The van der Waals surface area contributed by atoms with E-state index in [2.05, 4.69) is 40.5 Å². The lowest BCUT2D eigenvalue weighted by Crippen LogP contribution is -2.36. The Balaban J connectivity index is 1.57. The van der Waals surface area contributed by atoms with Gasteiger partial charge in [0.15, 0.2) is 0 Å². The molecule has 2 aliphatic rings. The summed E-state index contributed by atoms with van der Waals surface area (Å²) < 4.78 is 0. The number of benzene rings is 1. The highest BCUT2D eigenvalue weighted by Crippen LogP contribution is 2.30. The van der Waals surface area contributed by atoms with Gasteiger partial charge in [-0.1, -0.05) is 18.2 Å². The molecule has 1 N–H and O–H groups in total. The van der Waals surface area contributed by atoms with Crippen molar-refractivity contribution in [2.24, 2.45) is 11.8 Å². The second-order valence-electron chi connectivity index (χ2n) is 5.41. The molecule has 2 heteroatoms. The minimum Gasteiger partial charge on any atom is -0.372 e. The fourth-order valence-electron chi connectivity index (χ4n) is 3.35. The molecule has 2 saturated heterocycles. The molecule has 2 aliphatic heterocycles. The van der Waals surface area contributed by atoms with Crippen molar-refractivity contribution < 1.29 is 0 Å². The number of anilines is 1. The van der Waals surface area contributed by atoms with E-state index in [4.69, 9.17) is 0 Å². The van der Waals surface area contributed by atoms with Gasteiger partial charge in [-0.15, -0.1) is 0 Å². The van der Waals surface area contributed by atoms with E-state index in [1.807, 2.05) is 0 Å². The van der Waals surface area contributed by atoms with E-state index in [9.17, 15) is 0 Å². The number of hydrogen-bond donors (Lipinski definition) is 1. The van der Waals surface area contributed by atoms with Crippen LogP contribution in [-0.2, 0) is 0 Å². The molecule has 2 fully saturated rings. The third-order valence-corrected chi connectivity index (χ3v) is 4.43. The van der Waals surface area contributed by atoms with E-state index in [1.165, 1.54) is 51.1 Å². The van der Waals surface area contributed by atoms with Crippen molar-refractivity contribution >= 4 is 5.69 Å². The molecular weight excluding hydrogens is 208 g/mol. The summed E-state index contributed by atoms with van der Waals surface area (Å²) in [6.07, 6.45) is 4.15. The van der Waals surface area contributed by atoms with Gasteiger partial charge in [0.2, 0.25) is 0 Å². The zero-order chi connectivity index (χ0) is 11.5. The zero-order valence-electron chi connectivity index (χ0n) is 10.4. The number of rotatable bonds is 2. The summed E-state index contributed by atoms with van der Waals surface area (Å²) in [7, 11) is 0. The fraction of sp³-hybridized carbons (Fsp3) is 0.600. The lowest BCUT2D eigenvalue weighted by atomic mass is 9.83. The first kappa shape index (κ1) is 11.1. The molecule has 1 unspecified atom stereocenters. The van der Waals surface area contributed by atoms with Crippen molar-refractivity contribution in [1.29, 1.82) is 0 Å². The van der Waals surface area contributed by atoms with Gasteiger partial charge in [-0.2, -0.15) is 0 Å². The van der Waals surface area contributed by atoms with Crippen LogP contribution < -0.4 is 10.2 Å². The minimum absolute atomic E-state index is 0.952. The minimum atomic E-state index is 0.952. The lowest BCUT2D eigenvalue weighted by Gasteiger charge is -2.36. The molecular formula is C15H22N2. The van der Waals surface area contributed by atoms with Gasteiger partial charge in [0, 0.05) is 18.8 Å². The van der Waals surface area contributed by atoms with Crippen LogP contribution >= 0.6 is 0 Å². The summed E-state index contributed by atoms with van der Waals surface area (Å²) in [6, 6.07) is 10.8. The molecule has 0 radical (unpaired) electrons. The van der Waals surface area contributed by atoms with Gasteiger partial charge in [0.05, 0.1) is 0 Å². The van der Waals surface area contributed by atoms with Crippen LogP contribution in [0.15, 0.2) is 30.3 Å². The fourth-order valence-corrected chi connectivity index (χ4v) is 3.35. The number of piperidine rings is 1. The van der Waals surface area contributed by atoms with Gasteiger partial charge in [0.25, 0.3) is 0 Å². The second kappa shape index (κ2) is 5.09. The number of para-hydroxylation sites is 1. The Morgan fingerprint density at radius 1 is 0.941 bits per heavy atom. The summed E-state index contributed by atoms with van der Waals surface area (Å²) >= 11 is 0. The van der Waals surface area contributed by atoms with E-state index in [1.54, 1.807) is 0 Å². The van der Waals surface area contributed by atoms with Gasteiger partial charge in [0.1, 0.15) is 0 Å². The zero-order valence-corrected chi connectivity index (χ0v) is 10.4. The third-order valence-electron chi connectivity index (χ3n) is 4.43. The quantitative estimate of drug-likeness (QED) is 0.840. The molecule has 1 atom stereocenters. The normalized spacial score (nSPS) is 26.4. The first-order chi connectivity index (χ1) is 8.43. The standard InChI is InChI=1S/C15H22N2/c1-2-4-15(5-3-1)17-10-7-13(8-11-17)14-6-9-16-12-14/h1-5,13-14,16H,6-12H2. The topological polar surface area (TPSA) is 15.3 Å². The Hall–Kier alpha value is -1.02. The summed E-state index contributed by atoms with van der Waals surface area (Å²) in [5.41, 5.74) is 1.40. The van der Waals surface area contributed by atoms with Crippen molar-refractivity contribution in [2.75, 3.05) is 31.1 Å². The summed E-state index contributed by atoms with van der Waals surface area (Å²) in [5.74, 6) is 1.91. The van der Waals surface area contributed by atoms with Crippen LogP contribution in [0.2, 0.25) is 0 Å². The Morgan fingerprint density at radius 3 is 2.35 bits per heavy atom. The number of nitrogens with zero attached hydrogens (tertiary/aromatic N) is 1. The maximum atomic E-state index is 3.50. The molecule has 3 rings (SSSR count). The van der Waals surface area contributed by atoms with Crippen LogP contribution in [0.1, 0.15) is 19.3 Å². The molecule has 0 saturated carbocycles. The Bertz CT molecular complexity index is 335. The highest BCUT2D eigenvalue weighted by Gasteiger charge is 2.28. The van der Waals surface area contributed by atoms with Gasteiger partial charge in [-0.3, -0.25) is 0 Å². The van der Waals surface area contributed by atoms with E-state index < -0.39 is 0 Å². The summed E-state index contributed by atoms with van der Waals surface area (Å²) in [5, 5.41) is 3.50. The van der Waals surface area contributed by atoms with Crippen molar-refractivity contribution in [1.82, 2.24) is 5.32 Å². The molecule has 2 heterocycles. The van der Waals surface area contributed by atoms with Crippen LogP contribution in [-0.4, -0.2) is 26.2 Å². The van der Waals surface area contributed by atoms with E-state index in [-0.39, 0.29) is 0 Å². The monoisotopic (exact) mass is 230 g/mol. The first-order valence-corrected chi connectivity index (χ1v) is 6.94. The smallest absolute Gasteiger partial charge is 0.0366 e. The van der Waals surface area contributed by atoms with Crippen LogP contribution in [0, 0.1) is 11.8 Å². The van der Waals surface area contributed by atoms with Crippen LogP contribution in [0.5, 0.6) is 0 Å². The molecule has 1 aromatic rings. The van der Waals surface area contributed by atoms with Gasteiger partial charge in [-0.25, -0.2) is 0 Å². The molecule has 0 aromatic heterocycles. The molecule has 92 valence electrons. The Kier molecular flexibility index (Phi) is 3.32. The summed E-state index contributed by atoms with van der Waals surface area (Å²) in [4.78, 5) is 2.54. The molecule has 0 aliphatic carbocycles. The van der Waals surface area contributed by atoms with Crippen molar-refractivity contribution in [3.63, 3.8) is 0 Å². The Labute approximate surface area is 104 Å². The number of hydrogen-bond acceptors (Lipinski definition) is 2. The summed E-state index contributed by atoms with van der Waals surface area (Å²) in [6.45, 7) is 4.98. The average Bonchev–Trinajstić information content (AvgIpc) is 2.94. The SMILES string of the molecule is c1ccc(N2CCC(C3CCNC3)CC2)cc1. The van der Waals surface area contributed by atoms with Crippen LogP contribution in [0.4, 0.5) is 5.69 Å². The average molecular weight is 230 g/mol. The van der Waals surface area contributed by atoms with Gasteiger partial charge < -0.3 is 10.2 Å². The van der Waals surface area contributed by atoms with E-state index in [0.29, 0.717) is 0 Å². The van der Waals surface area contributed by atoms with Crippen LogP contribution in [0.25, 0.3) is 0 Å². The largest absolute Gasteiger partial charge is 0.372 e. The highest BCUT2D eigenvalue weighted by molar-refractivity contribution is 5.46. The maximum absolute atomic E-state index is 3.50. The van der Waals surface area contributed by atoms with Gasteiger partial charge in [-0.05, 0) is 56.3 Å². The highest BCUT2D eigenvalue weighted by atomic mass is 15.1. The molecule has 2 nitrogen and oxygen atoms in total. The molecule has 17 heavy (non-hydrogen) atoms. The predicted molar refractivity (Wildman–Crippen MR) is 72.4 cm³/mol. The van der Waals surface area contributed by atoms with Crippen molar-refractivity contribution in [3.8, 4) is 0 Å². The molecule has 0 spiro atoms. The van der Waals surface area contributed by atoms with Crippen LogP contribution in [0.3, 0.4) is 0 Å². The second-order valence-corrected chi connectivity index (χ2v) is 5.41. The van der Waals surface area contributed by atoms with Crippen molar-refractivity contribution in [2.45, 2.75) is 19.3 Å². The predicted octanol–water partition coefficient (Wildman–Crippen LogP) is 2.51. The third kappa shape index (κ3) is 2.47. The lowest BCUT2D eigenvalue weighted by molar-refractivity contribution is 0.292. The first-order valence-electron chi connectivity index (χ1n) is 6.94.